The first-order chi connectivity index (χ1) is 7.58. The monoisotopic (exact) mass is 242 g/mol. The van der Waals surface area contributed by atoms with E-state index in [0.29, 0.717) is 18.0 Å². The largest absolute Gasteiger partial charge is 0.371 e. The summed E-state index contributed by atoms with van der Waals surface area (Å²) in [5.74, 6) is -0.411. The van der Waals surface area contributed by atoms with Crippen LogP contribution in [0.25, 0.3) is 0 Å². The van der Waals surface area contributed by atoms with Crippen LogP contribution in [0.3, 0.4) is 0 Å². The van der Waals surface area contributed by atoms with Gasteiger partial charge < -0.3 is 10.2 Å². The minimum Gasteiger partial charge on any atom is -0.371 e. The average Bonchev–Trinajstić information content (AvgIpc) is 2.55. The van der Waals surface area contributed by atoms with E-state index in [1.165, 1.54) is 18.2 Å². The standard InChI is InChI=1S/C11H12ClFN2O/c1-15-5-4-9(11(15)16)14-10-6-7(12)2-3-8(10)13/h2-3,6,9,14H,4-5H2,1H3. The lowest BCUT2D eigenvalue weighted by Crippen LogP contribution is -2.31. The Morgan fingerprint density at radius 2 is 2.31 bits per heavy atom. The van der Waals surface area contributed by atoms with Crippen molar-refractivity contribution >= 4 is 23.2 Å². The van der Waals surface area contributed by atoms with Gasteiger partial charge in [0.05, 0.1) is 5.69 Å². The molecule has 1 unspecified atom stereocenters. The van der Waals surface area contributed by atoms with E-state index >= 15 is 0 Å². The molecule has 1 N–H and O–H groups in total. The van der Waals surface area contributed by atoms with Crippen molar-refractivity contribution in [2.45, 2.75) is 12.5 Å². The van der Waals surface area contributed by atoms with Gasteiger partial charge in [0.15, 0.2) is 0 Å². The third-order valence-corrected chi connectivity index (χ3v) is 2.92. The maximum atomic E-state index is 13.4. The Morgan fingerprint density at radius 3 is 2.94 bits per heavy atom. The lowest BCUT2D eigenvalue weighted by atomic mass is 10.2. The van der Waals surface area contributed by atoms with Gasteiger partial charge in [-0.05, 0) is 24.6 Å². The maximum Gasteiger partial charge on any atom is 0.244 e. The van der Waals surface area contributed by atoms with Crippen molar-refractivity contribution in [3.8, 4) is 0 Å². The SMILES string of the molecule is CN1CCC(Nc2cc(Cl)ccc2F)C1=O. The van der Waals surface area contributed by atoms with Crippen LogP contribution in [-0.4, -0.2) is 30.4 Å². The van der Waals surface area contributed by atoms with Crippen LogP contribution in [0, 0.1) is 5.82 Å². The second kappa shape index (κ2) is 4.29. The number of hydrogen-bond donors (Lipinski definition) is 1. The average molecular weight is 243 g/mol. The molecule has 1 saturated heterocycles. The lowest BCUT2D eigenvalue weighted by molar-refractivity contribution is -0.127. The van der Waals surface area contributed by atoms with Crippen LogP contribution < -0.4 is 5.32 Å². The van der Waals surface area contributed by atoms with Crippen LogP contribution in [0.1, 0.15) is 6.42 Å². The van der Waals surface area contributed by atoms with Gasteiger partial charge in [-0.2, -0.15) is 0 Å². The summed E-state index contributed by atoms with van der Waals surface area (Å²) >= 11 is 5.77. The van der Waals surface area contributed by atoms with E-state index in [4.69, 9.17) is 11.6 Å². The van der Waals surface area contributed by atoms with E-state index in [0.717, 1.165) is 0 Å². The van der Waals surface area contributed by atoms with E-state index in [2.05, 4.69) is 5.32 Å². The highest BCUT2D eigenvalue weighted by atomic mass is 35.5. The second-order valence-electron chi connectivity index (χ2n) is 3.87. The molecule has 0 saturated carbocycles. The number of nitrogens with one attached hydrogen (secondary N) is 1. The number of rotatable bonds is 2. The normalized spacial score (nSPS) is 20.3. The van der Waals surface area contributed by atoms with Crippen LogP contribution in [0.15, 0.2) is 18.2 Å². The smallest absolute Gasteiger partial charge is 0.244 e. The highest BCUT2D eigenvalue weighted by molar-refractivity contribution is 6.30. The van der Waals surface area contributed by atoms with Crippen molar-refractivity contribution in [2.75, 3.05) is 18.9 Å². The Hall–Kier alpha value is -1.29. The second-order valence-corrected chi connectivity index (χ2v) is 4.31. The van der Waals surface area contributed by atoms with Crippen LogP contribution >= 0.6 is 11.6 Å². The van der Waals surface area contributed by atoms with Crippen LogP contribution in [0.5, 0.6) is 0 Å². The van der Waals surface area contributed by atoms with Crippen molar-refractivity contribution < 1.29 is 9.18 Å². The van der Waals surface area contributed by atoms with E-state index in [-0.39, 0.29) is 17.6 Å². The summed E-state index contributed by atoms with van der Waals surface area (Å²) in [6, 6.07) is 3.90. The van der Waals surface area contributed by atoms with Gasteiger partial charge in [0.25, 0.3) is 0 Å². The molecule has 2 rings (SSSR count). The number of likely N-dealkylation sites (N-methyl/N-ethyl adjacent to an activating group) is 1. The number of benzene rings is 1. The minimum absolute atomic E-state index is 0.0145. The van der Waals surface area contributed by atoms with Gasteiger partial charge in [-0.25, -0.2) is 4.39 Å². The first-order valence-electron chi connectivity index (χ1n) is 5.04. The highest BCUT2D eigenvalue weighted by Gasteiger charge is 2.29. The highest BCUT2D eigenvalue weighted by Crippen LogP contribution is 2.22. The molecule has 1 amide bonds. The number of carbonyl (C=O) groups is 1. The number of likely N-dealkylation sites (tertiary alicyclic amines) is 1. The minimum atomic E-state index is -0.397. The van der Waals surface area contributed by atoms with Crippen molar-refractivity contribution in [3.05, 3.63) is 29.0 Å². The summed E-state index contributed by atoms with van der Waals surface area (Å²) in [6.07, 6.45) is 0.682. The molecular formula is C11H12ClFN2O. The fourth-order valence-electron chi connectivity index (χ4n) is 1.75. The Bertz CT molecular complexity index is 424. The van der Waals surface area contributed by atoms with E-state index < -0.39 is 5.82 Å². The number of anilines is 1. The molecular weight excluding hydrogens is 231 g/mol. The molecule has 3 nitrogen and oxygen atoms in total. The van der Waals surface area contributed by atoms with E-state index in [1.54, 1.807) is 11.9 Å². The number of hydrogen-bond acceptors (Lipinski definition) is 2. The maximum absolute atomic E-state index is 13.4. The van der Waals surface area contributed by atoms with Gasteiger partial charge in [-0.15, -0.1) is 0 Å². The first kappa shape index (κ1) is 11.2. The number of carbonyl (C=O) groups excluding carboxylic acids is 1. The summed E-state index contributed by atoms with van der Waals surface area (Å²) in [7, 11) is 1.73. The van der Waals surface area contributed by atoms with Crippen LogP contribution in [0.2, 0.25) is 5.02 Å². The topological polar surface area (TPSA) is 32.3 Å². The zero-order valence-electron chi connectivity index (χ0n) is 8.84. The number of nitrogens with zero attached hydrogens (tertiary/aromatic N) is 1. The van der Waals surface area contributed by atoms with Crippen molar-refractivity contribution in [1.29, 1.82) is 0 Å². The lowest BCUT2D eigenvalue weighted by Gasteiger charge is -2.14. The molecule has 1 aliphatic heterocycles. The van der Waals surface area contributed by atoms with E-state index in [9.17, 15) is 9.18 Å². The molecule has 1 aliphatic rings. The molecule has 0 radical (unpaired) electrons. The quantitative estimate of drug-likeness (QED) is 0.862. The van der Waals surface area contributed by atoms with Gasteiger partial charge in [-0.1, -0.05) is 11.6 Å². The van der Waals surface area contributed by atoms with Gasteiger partial charge in [0.2, 0.25) is 5.91 Å². The number of halogens is 2. The zero-order valence-corrected chi connectivity index (χ0v) is 9.59. The zero-order chi connectivity index (χ0) is 11.7. The molecule has 1 heterocycles. The summed E-state index contributed by atoms with van der Waals surface area (Å²) < 4.78 is 13.4. The molecule has 5 heteroatoms. The Kier molecular flexibility index (Phi) is 3.01. The molecule has 0 aliphatic carbocycles. The van der Waals surface area contributed by atoms with Gasteiger partial charge in [0.1, 0.15) is 11.9 Å². The van der Waals surface area contributed by atoms with Gasteiger partial charge >= 0.3 is 0 Å². The summed E-state index contributed by atoms with van der Waals surface area (Å²) in [6.45, 7) is 0.693. The van der Waals surface area contributed by atoms with Gasteiger partial charge in [-0.3, -0.25) is 4.79 Å². The molecule has 1 atom stereocenters. The Morgan fingerprint density at radius 1 is 1.56 bits per heavy atom. The van der Waals surface area contributed by atoms with Crippen molar-refractivity contribution in [1.82, 2.24) is 4.90 Å². The summed E-state index contributed by atoms with van der Waals surface area (Å²) in [5.41, 5.74) is 0.279. The molecule has 0 aromatic heterocycles. The molecule has 0 bridgehead atoms. The predicted molar refractivity (Wildman–Crippen MR) is 61.1 cm³/mol. The summed E-state index contributed by atoms with van der Waals surface area (Å²) in [4.78, 5) is 13.2. The molecule has 1 fully saturated rings. The fourth-order valence-corrected chi connectivity index (χ4v) is 1.92. The van der Waals surface area contributed by atoms with E-state index in [1.807, 2.05) is 0 Å². The third-order valence-electron chi connectivity index (χ3n) is 2.69. The van der Waals surface area contributed by atoms with Gasteiger partial charge in [0, 0.05) is 18.6 Å². The fraction of sp³-hybridized carbons (Fsp3) is 0.364. The molecule has 16 heavy (non-hydrogen) atoms. The van der Waals surface area contributed by atoms with Crippen LogP contribution in [-0.2, 0) is 4.79 Å². The molecule has 1 aromatic carbocycles. The molecule has 1 aromatic rings. The Labute approximate surface area is 98.2 Å². The predicted octanol–water partition coefficient (Wildman–Crippen LogP) is 2.12. The molecule has 0 spiro atoms. The van der Waals surface area contributed by atoms with Crippen molar-refractivity contribution in [2.24, 2.45) is 0 Å². The number of amides is 1. The van der Waals surface area contributed by atoms with Crippen LogP contribution in [0.4, 0.5) is 10.1 Å². The summed E-state index contributed by atoms with van der Waals surface area (Å²) in [5, 5.41) is 3.33. The first-order valence-corrected chi connectivity index (χ1v) is 5.42. The third kappa shape index (κ3) is 2.11. The van der Waals surface area contributed by atoms with Crippen molar-refractivity contribution in [3.63, 3.8) is 0 Å². The Balaban J connectivity index is 2.15. The molecule has 86 valence electrons.